The first-order valence-corrected chi connectivity index (χ1v) is 15.3. The first kappa shape index (κ1) is 30.1. The van der Waals surface area contributed by atoms with Crippen molar-refractivity contribution >= 4 is 68.1 Å². The van der Waals surface area contributed by atoms with Gasteiger partial charge in [-0.25, -0.2) is 9.29 Å². The molecule has 1 saturated heterocycles. The van der Waals surface area contributed by atoms with E-state index in [0.29, 0.717) is 19.9 Å². The summed E-state index contributed by atoms with van der Waals surface area (Å²) in [5, 5.41) is 1.68. The van der Waals surface area contributed by atoms with Crippen molar-refractivity contribution in [1.82, 2.24) is 4.98 Å². The highest BCUT2D eigenvalue weighted by atomic mass is 79.9. The monoisotopic (exact) mass is 707 g/mol. The number of hydrogen-bond acceptors (Lipinski definition) is 7. The van der Waals surface area contributed by atoms with E-state index in [-0.39, 0.29) is 11.4 Å². The number of rotatable bonds is 6. The maximum atomic E-state index is 13.9. The normalized spacial score (nSPS) is 19.5. The molecule has 15 heteroatoms. The summed E-state index contributed by atoms with van der Waals surface area (Å²) in [6, 6.07) is 14.2. The summed E-state index contributed by atoms with van der Waals surface area (Å²) in [7, 11) is 0. The number of hydrogen-bond donors (Lipinski definition) is 2. The fourth-order valence-electron chi connectivity index (χ4n) is 5.26. The number of aromatic amines is 1. The van der Waals surface area contributed by atoms with Crippen molar-refractivity contribution in [3.05, 3.63) is 103 Å². The van der Waals surface area contributed by atoms with Crippen molar-refractivity contribution in [2.45, 2.75) is 22.4 Å². The van der Waals surface area contributed by atoms with Gasteiger partial charge in [-0.1, -0.05) is 51.2 Å². The van der Waals surface area contributed by atoms with Crippen LogP contribution in [-0.4, -0.2) is 34.6 Å². The second-order valence-corrected chi connectivity index (χ2v) is 12.9. The SMILES string of the molecule is O=C(COc1ccc(Br)cc1[C@H]1c2sc(=O)[nH]c2SC2C(=O)N(c3ccc(F)cc3)C(=O)C21)Nc1ccccc1C(F)(F)F. The molecule has 0 saturated carbocycles. The van der Waals surface area contributed by atoms with E-state index in [9.17, 15) is 36.7 Å². The van der Waals surface area contributed by atoms with E-state index in [1.807, 2.05) is 0 Å². The van der Waals surface area contributed by atoms with Crippen molar-refractivity contribution < 1.29 is 36.7 Å². The molecule has 3 aromatic carbocycles. The summed E-state index contributed by atoms with van der Waals surface area (Å²) in [6.45, 7) is -0.679. The molecule has 0 radical (unpaired) electrons. The molecule has 6 rings (SSSR count). The molecule has 1 fully saturated rings. The Hall–Kier alpha value is -3.95. The number of ether oxygens (including phenoxy) is 1. The third-order valence-electron chi connectivity index (χ3n) is 7.08. The largest absolute Gasteiger partial charge is 0.483 e. The zero-order valence-electron chi connectivity index (χ0n) is 22.0. The number of imide groups is 1. The molecule has 3 atom stereocenters. The third-order valence-corrected chi connectivity index (χ3v) is 9.98. The zero-order valence-corrected chi connectivity index (χ0v) is 25.2. The first-order chi connectivity index (χ1) is 20.9. The fraction of sp³-hybridized carbons (Fsp3) is 0.172. The van der Waals surface area contributed by atoms with Gasteiger partial charge in [-0.05, 0) is 54.6 Å². The Morgan fingerprint density at radius 1 is 1.02 bits per heavy atom. The highest BCUT2D eigenvalue weighted by Crippen LogP contribution is 2.54. The third kappa shape index (κ3) is 5.55. The van der Waals surface area contributed by atoms with Crippen LogP contribution >= 0.6 is 39.0 Å². The van der Waals surface area contributed by atoms with Crippen LogP contribution in [0.5, 0.6) is 5.75 Å². The van der Waals surface area contributed by atoms with E-state index >= 15 is 0 Å². The van der Waals surface area contributed by atoms with Gasteiger partial charge in [0.1, 0.15) is 16.8 Å². The van der Waals surface area contributed by atoms with Gasteiger partial charge >= 0.3 is 11.0 Å². The molecular formula is C29H18BrF4N3O5S2. The predicted molar refractivity (Wildman–Crippen MR) is 159 cm³/mol. The summed E-state index contributed by atoms with van der Waals surface area (Å²) in [5.41, 5.74) is -0.895. The standard InChI is InChI=1S/C29H18BrF4N3O5S2/c30-13-5-10-19(42-12-20(38)35-18-4-2-1-3-17(18)29(32,33)34)16(11-13)21-22-24(43-25-23(21)44-28(41)36-25)27(40)37(26(22)39)15-8-6-14(31)7-9-15/h1-11,21-22,24H,12H2,(H,35,38)(H,36,41)/t21-,22?,24?/m1/s1. The fourth-order valence-corrected chi connectivity index (χ4v) is 8.14. The molecule has 0 spiro atoms. The number of carbonyl (C=O) groups excluding carboxylic acids is 3. The van der Waals surface area contributed by atoms with Gasteiger partial charge in [0.2, 0.25) is 11.8 Å². The zero-order chi connectivity index (χ0) is 31.3. The molecule has 3 amide bonds. The average Bonchev–Trinajstić information content (AvgIpc) is 3.46. The number of carbonyl (C=O) groups is 3. The van der Waals surface area contributed by atoms with Crippen LogP contribution in [0.1, 0.15) is 21.9 Å². The van der Waals surface area contributed by atoms with Crippen molar-refractivity contribution in [2.75, 3.05) is 16.8 Å². The van der Waals surface area contributed by atoms with Crippen LogP contribution in [0, 0.1) is 11.7 Å². The minimum Gasteiger partial charge on any atom is -0.483 e. The Balaban J connectivity index is 1.34. The summed E-state index contributed by atoms with van der Waals surface area (Å²) in [5.74, 6) is -4.27. The number of amides is 3. The molecule has 0 bridgehead atoms. The number of halogens is 5. The topological polar surface area (TPSA) is 109 Å². The van der Waals surface area contributed by atoms with E-state index in [0.717, 1.165) is 52.3 Å². The number of fused-ring (bicyclic) bond motifs is 2. The number of thioether (sulfide) groups is 1. The predicted octanol–water partition coefficient (Wildman–Crippen LogP) is 6.17. The van der Waals surface area contributed by atoms with Crippen LogP contribution in [0.2, 0.25) is 0 Å². The summed E-state index contributed by atoms with van der Waals surface area (Å²) in [4.78, 5) is 56.5. The van der Waals surface area contributed by atoms with Crippen LogP contribution in [-0.2, 0) is 20.6 Å². The molecule has 2 unspecified atom stereocenters. The second kappa shape index (κ2) is 11.5. The Morgan fingerprint density at radius 2 is 1.75 bits per heavy atom. The summed E-state index contributed by atoms with van der Waals surface area (Å²) < 4.78 is 60.2. The molecule has 1 aromatic heterocycles. The van der Waals surface area contributed by atoms with E-state index in [2.05, 4.69) is 26.2 Å². The van der Waals surface area contributed by atoms with E-state index in [4.69, 9.17) is 4.74 Å². The lowest BCUT2D eigenvalue weighted by atomic mass is 9.82. The van der Waals surface area contributed by atoms with Crippen LogP contribution < -0.4 is 19.8 Å². The number of anilines is 2. The van der Waals surface area contributed by atoms with Crippen molar-refractivity contribution in [3.8, 4) is 5.75 Å². The molecule has 226 valence electrons. The Bertz CT molecular complexity index is 1860. The smallest absolute Gasteiger partial charge is 0.418 e. The van der Waals surface area contributed by atoms with Gasteiger partial charge in [-0.3, -0.25) is 19.2 Å². The minimum absolute atomic E-state index is 0.121. The van der Waals surface area contributed by atoms with Gasteiger partial charge < -0.3 is 15.0 Å². The quantitative estimate of drug-likeness (QED) is 0.183. The van der Waals surface area contributed by atoms with Crippen LogP contribution in [0.4, 0.5) is 28.9 Å². The van der Waals surface area contributed by atoms with E-state index < -0.39 is 69.5 Å². The van der Waals surface area contributed by atoms with E-state index in [1.165, 1.54) is 30.3 Å². The number of nitrogens with zero attached hydrogens (tertiary/aromatic N) is 1. The van der Waals surface area contributed by atoms with Crippen LogP contribution in [0.15, 0.2) is 81.0 Å². The minimum atomic E-state index is -4.69. The molecule has 4 aromatic rings. The summed E-state index contributed by atoms with van der Waals surface area (Å²) >= 11 is 5.33. The van der Waals surface area contributed by atoms with Crippen molar-refractivity contribution in [1.29, 1.82) is 0 Å². The van der Waals surface area contributed by atoms with Crippen LogP contribution in [0.25, 0.3) is 0 Å². The Labute approximate surface area is 262 Å². The van der Waals surface area contributed by atoms with Gasteiger partial charge in [0.05, 0.1) is 27.9 Å². The van der Waals surface area contributed by atoms with Gasteiger partial charge in [0.25, 0.3) is 5.91 Å². The molecular weight excluding hydrogens is 690 g/mol. The van der Waals surface area contributed by atoms with Gasteiger partial charge in [-0.15, -0.1) is 0 Å². The lowest BCUT2D eigenvalue weighted by Gasteiger charge is -2.31. The molecule has 3 heterocycles. The highest BCUT2D eigenvalue weighted by molar-refractivity contribution is 9.10. The molecule has 0 aliphatic carbocycles. The molecule has 2 aliphatic heterocycles. The number of benzene rings is 3. The van der Waals surface area contributed by atoms with Gasteiger partial charge in [0, 0.05) is 20.8 Å². The van der Waals surface area contributed by atoms with Crippen LogP contribution in [0.3, 0.4) is 0 Å². The molecule has 2 aliphatic rings. The molecule has 44 heavy (non-hydrogen) atoms. The number of aromatic nitrogens is 1. The first-order valence-electron chi connectivity index (χ1n) is 12.8. The lowest BCUT2D eigenvalue weighted by Crippen LogP contribution is -2.32. The second-order valence-electron chi connectivity index (χ2n) is 9.80. The Morgan fingerprint density at radius 3 is 2.48 bits per heavy atom. The maximum absolute atomic E-state index is 13.9. The average molecular weight is 709 g/mol. The van der Waals surface area contributed by atoms with Crippen molar-refractivity contribution in [3.63, 3.8) is 0 Å². The highest BCUT2D eigenvalue weighted by Gasteiger charge is 2.57. The summed E-state index contributed by atoms with van der Waals surface area (Å²) in [6.07, 6.45) is -4.69. The number of para-hydroxylation sites is 1. The molecule has 8 nitrogen and oxygen atoms in total. The van der Waals surface area contributed by atoms with Gasteiger partial charge in [-0.2, -0.15) is 13.2 Å². The number of nitrogens with one attached hydrogen (secondary N) is 2. The lowest BCUT2D eigenvalue weighted by molar-refractivity contribution is -0.137. The van der Waals surface area contributed by atoms with E-state index in [1.54, 1.807) is 12.1 Å². The molecule has 2 N–H and O–H groups in total. The number of alkyl halides is 3. The maximum Gasteiger partial charge on any atom is 0.418 e. The Kier molecular flexibility index (Phi) is 7.88. The number of thiazole rings is 1. The van der Waals surface area contributed by atoms with Crippen molar-refractivity contribution in [2.24, 2.45) is 5.92 Å². The number of H-pyrrole nitrogens is 1. The van der Waals surface area contributed by atoms with Gasteiger partial charge in [0.15, 0.2) is 6.61 Å².